The fraction of sp³-hybridized carbons (Fsp3) is 0.357. The minimum atomic E-state index is -0.855. The number of hydrogen-bond donors (Lipinski definition) is 1. The summed E-state index contributed by atoms with van der Waals surface area (Å²) >= 11 is 1.51. The van der Waals surface area contributed by atoms with Crippen molar-refractivity contribution in [3.05, 3.63) is 35.5 Å². The molecule has 0 fully saturated rings. The highest BCUT2D eigenvalue weighted by Gasteiger charge is 2.13. The van der Waals surface area contributed by atoms with Gasteiger partial charge in [-0.1, -0.05) is 6.07 Å². The number of aliphatic carboxylic acids is 1. The second kappa shape index (κ2) is 7.82. The van der Waals surface area contributed by atoms with Gasteiger partial charge in [0.15, 0.2) is 0 Å². The van der Waals surface area contributed by atoms with Gasteiger partial charge in [-0.15, -0.1) is 11.3 Å². The van der Waals surface area contributed by atoms with E-state index in [1.807, 2.05) is 23.6 Å². The average Bonchev–Trinajstić information content (AvgIpc) is 2.93. The number of aromatic nitrogens is 2. The SMILES string of the molecule is COCCN(CC(=O)O)Cc1csc(-c2ccccn2)n1. The number of pyridine rings is 1. The third-order valence-electron chi connectivity index (χ3n) is 2.79. The van der Waals surface area contributed by atoms with Crippen LogP contribution >= 0.6 is 11.3 Å². The van der Waals surface area contributed by atoms with Crippen molar-refractivity contribution in [2.45, 2.75) is 6.54 Å². The van der Waals surface area contributed by atoms with Crippen molar-refractivity contribution in [1.82, 2.24) is 14.9 Å². The van der Waals surface area contributed by atoms with Crippen LogP contribution in [0.3, 0.4) is 0 Å². The van der Waals surface area contributed by atoms with Crippen molar-refractivity contribution in [3.8, 4) is 10.7 Å². The maximum Gasteiger partial charge on any atom is 0.317 e. The molecule has 6 nitrogen and oxygen atoms in total. The van der Waals surface area contributed by atoms with Gasteiger partial charge in [-0.05, 0) is 12.1 Å². The Kier molecular flexibility index (Phi) is 5.79. The molecule has 0 aliphatic heterocycles. The molecular formula is C14H17N3O3S. The van der Waals surface area contributed by atoms with Gasteiger partial charge in [0.1, 0.15) is 5.01 Å². The normalized spacial score (nSPS) is 11.0. The van der Waals surface area contributed by atoms with Gasteiger partial charge < -0.3 is 9.84 Å². The van der Waals surface area contributed by atoms with Crippen molar-refractivity contribution in [1.29, 1.82) is 0 Å². The lowest BCUT2D eigenvalue weighted by atomic mass is 10.3. The Morgan fingerprint density at radius 1 is 1.48 bits per heavy atom. The molecule has 2 aromatic heterocycles. The van der Waals surface area contributed by atoms with E-state index in [-0.39, 0.29) is 6.54 Å². The molecule has 0 saturated heterocycles. The summed E-state index contributed by atoms with van der Waals surface area (Å²) < 4.78 is 5.00. The van der Waals surface area contributed by atoms with E-state index in [1.54, 1.807) is 18.2 Å². The van der Waals surface area contributed by atoms with Crippen LogP contribution in [0.4, 0.5) is 0 Å². The third-order valence-corrected chi connectivity index (χ3v) is 3.71. The van der Waals surface area contributed by atoms with E-state index in [2.05, 4.69) is 9.97 Å². The Morgan fingerprint density at radius 3 is 3.00 bits per heavy atom. The average molecular weight is 307 g/mol. The molecule has 0 amide bonds. The topological polar surface area (TPSA) is 75.5 Å². The number of rotatable bonds is 8. The van der Waals surface area contributed by atoms with E-state index in [4.69, 9.17) is 9.84 Å². The molecule has 0 atom stereocenters. The van der Waals surface area contributed by atoms with E-state index in [0.29, 0.717) is 19.7 Å². The smallest absolute Gasteiger partial charge is 0.317 e. The number of nitrogens with zero attached hydrogens (tertiary/aromatic N) is 3. The minimum Gasteiger partial charge on any atom is -0.480 e. The second-order valence-corrected chi connectivity index (χ2v) is 5.31. The molecule has 0 spiro atoms. The number of ether oxygens (including phenoxy) is 1. The highest BCUT2D eigenvalue weighted by atomic mass is 32.1. The van der Waals surface area contributed by atoms with Crippen LogP contribution in [0.25, 0.3) is 10.7 Å². The van der Waals surface area contributed by atoms with Crippen LogP contribution in [-0.4, -0.2) is 52.7 Å². The van der Waals surface area contributed by atoms with E-state index >= 15 is 0 Å². The second-order valence-electron chi connectivity index (χ2n) is 4.46. The fourth-order valence-electron chi connectivity index (χ4n) is 1.84. The standard InChI is InChI=1S/C14H17N3O3S/c1-20-7-6-17(9-13(18)19)8-11-10-21-14(16-11)12-4-2-3-5-15-12/h2-5,10H,6-9H2,1H3,(H,18,19). The Bertz CT molecular complexity index is 574. The molecule has 21 heavy (non-hydrogen) atoms. The minimum absolute atomic E-state index is 0.0280. The largest absolute Gasteiger partial charge is 0.480 e. The van der Waals surface area contributed by atoms with Gasteiger partial charge in [-0.25, -0.2) is 4.98 Å². The summed E-state index contributed by atoms with van der Waals surface area (Å²) in [6.07, 6.45) is 1.73. The Balaban J connectivity index is 2.03. The number of methoxy groups -OCH3 is 1. The lowest BCUT2D eigenvalue weighted by molar-refractivity contribution is -0.138. The lowest BCUT2D eigenvalue weighted by Crippen LogP contribution is -2.32. The number of carbonyl (C=O) groups is 1. The van der Waals surface area contributed by atoms with Gasteiger partial charge in [-0.3, -0.25) is 14.7 Å². The van der Waals surface area contributed by atoms with E-state index < -0.39 is 5.97 Å². The highest BCUT2D eigenvalue weighted by molar-refractivity contribution is 7.13. The molecular weight excluding hydrogens is 290 g/mol. The molecule has 0 aliphatic carbocycles. The lowest BCUT2D eigenvalue weighted by Gasteiger charge is -2.18. The van der Waals surface area contributed by atoms with E-state index in [1.165, 1.54) is 11.3 Å². The number of thiazole rings is 1. The van der Waals surface area contributed by atoms with Crippen LogP contribution in [0.15, 0.2) is 29.8 Å². The maximum atomic E-state index is 10.9. The highest BCUT2D eigenvalue weighted by Crippen LogP contribution is 2.21. The van der Waals surface area contributed by atoms with Crippen LogP contribution in [0.1, 0.15) is 5.69 Å². The van der Waals surface area contributed by atoms with Crippen LogP contribution < -0.4 is 0 Å². The maximum absolute atomic E-state index is 10.9. The summed E-state index contributed by atoms with van der Waals surface area (Å²) in [5.74, 6) is -0.855. The first-order chi connectivity index (χ1) is 10.2. The van der Waals surface area contributed by atoms with Gasteiger partial charge in [0.25, 0.3) is 0 Å². The van der Waals surface area contributed by atoms with Crippen LogP contribution in [0.5, 0.6) is 0 Å². The number of carboxylic acids is 1. The Labute approximate surface area is 127 Å². The van der Waals surface area contributed by atoms with Crippen LogP contribution in [0.2, 0.25) is 0 Å². The fourth-order valence-corrected chi connectivity index (χ4v) is 2.63. The molecule has 0 radical (unpaired) electrons. The van der Waals surface area contributed by atoms with Gasteiger partial charge in [0, 0.05) is 31.8 Å². The molecule has 0 aromatic carbocycles. The zero-order valence-electron chi connectivity index (χ0n) is 11.7. The molecule has 2 aromatic rings. The first kappa shape index (κ1) is 15.6. The number of carboxylic acid groups (broad SMARTS) is 1. The van der Waals surface area contributed by atoms with Crippen LogP contribution in [0, 0.1) is 0 Å². The first-order valence-corrected chi connectivity index (χ1v) is 7.36. The van der Waals surface area contributed by atoms with Gasteiger partial charge in [0.2, 0.25) is 0 Å². The van der Waals surface area contributed by atoms with Crippen molar-refractivity contribution in [3.63, 3.8) is 0 Å². The molecule has 0 bridgehead atoms. The van der Waals surface area contributed by atoms with Crippen molar-refractivity contribution in [2.24, 2.45) is 0 Å². The Hall–Kier alpha value is -1.83. The van der Waals surface area contributed by atoms with Crippen molar-refractivity contribution >= 4 is 17.3 Å². The van der Waals surface area contributed by atoms with Gasteiger partial charge in [-0.2, -0.15) is 0 Å². The van der Waals surface area contributed by atoms with Crippen molar-refractivity contribution in [2.75, 3.05) is 26.8 Å². The van der Waals surface area contributed by atoms with E-state index in [9.17, 15) is 4.79 Å². The summed E-state index contributed by atoms with van der Waals surface area (Å²) in [5, 5.41) is 11.7. The summed E-state index contributed by atoms with van der Waals surface area (Å²) in [6.45, 7) is 1.50. The predicted molar refractivity (Wildman–Crippen MR) is 80.1 cm³/mol. The molecule has 2 heterocycles. The molecule has 2 rings (SSSR count). The van der Waals surface area contributed by atoms with Gasteiger partial charge in [0.05, 0.1) is 24.5 Å². The molecule has 0 saturated carbocycles. The third kappa shape index (κ3) is 4.89. The van der Waals surface area contributed by atoms with E-state index in [0.717, 1.165) is 16.4 Å². The zero-order valence-corrected chi connectivity index (χ0v) is 12.5. The molecule has 112 valence electrons. The summed E-state index contributed by atoms with van der Waals surface area (Å²) in [4.78, 5) is 21.5. The molecule has 1 N–H and O–H groups in total. The van der Waals surface area contributed by atoms with Gasteiger partial charge >= 0.3 is 5.97 Å². The quantitative estimate of drug-likeness (QED) is 0.800. The zero-order chi connectivity index (χ0) is 15.1. The molecule has 0 unspecified atom stereocenters. The summed E-state index contributed by atoms with van der Waals surface area (Å²) in [7, 11) is 1.60. The molecule has 0 aliphatic rings. The molecule has 7 heteroatoms. The van der Waals surface area contributed by atoms with Crippen LogP contribution in [-0.2, 0) is 16.1 Å². The summed E-state index contributed by atoms with van der Waals surface area (Å²) in [5.41, 5.74) is 1.67. The summed E-state index contributed by atoms with van der Waals surface area (Å²) in [6, 6.07) is 5.68. The number of hydrogen-bond acceptors (Lipinski definition) is 6. The Morgan fingerprint density at radius 2 is 2.33 bits per heavy atom. The monoisotopic (exact) mass is 307 g/mol. The predicted octanol–water partition coefficient (Wildman–Crippen LogP) is 1.74. The van der Waals surface area contributed by atoms with Crippen molar-refractivity contribution < 1.29 is 14.6 Å². The first-order valence-electron chi connectivity index (χ1n) is 6.48.